The van der Waals surface area contributed by atoms with Crippen molar-refractivity contribution < 1.29 is 4.79 Å². The summed E-state index contributed by atoms with van der Waals surface area (Å²) in [6.45, 7) is 4.36. The lowest BCUT2D eigenvalue weighted by Gasteiger charge is -2.34. The van der Waals surface area contributed by atoms with E-state index in [0.29, 0.717) is 0 Å². The van der Waals surface area contributed by atoms with Crippen LogP contribution in [0.15, 0.2) is 60.8 Å². The molecule has 1 fully saturated rings. The molecule has 3 aromatic rings. The van der Waals surface area contributed by atoms with Crippen molar-refractivity contribution in [3.05, 3.63) is 71.9 Å². The molecule has 1 aliphatic rings. The number of fused-ring (bicyclic) bond motifs is 1. The van der Waals surface area contributed by atoms with Gasteiger partial charge in [-0.1, -0.05) is 36.4 Å². The Kier molecular flexibility index (Phi) is 4.28. The Morgan fingerprint density at radius 3 is 2.36 bits per heavy atom. The molecule has 25 heavy (non-hydrogen) atoms. The lowest BCUT2D eigenvalue weighted by molar-refractivity contribution is 0.0629. The summed E-state index contributed by atoms with van der Waals surface area (Å²) in [4.78, 5) is 17.0. The first kappa shape index (κ1) is 15.9. The number of carbonyl (C=O) groups is 1. The molecule has 128 valence electrons. The number of aryl methyl sites for hydroxylation is 1. The average Bonchev–Trinajstić information content (AvgIpc) is 2.98. The molecule has 0 atom stereocenters. The number of para-hydroxylation sites is 1. The summed E-state index contributed by atoms with van der Waals surface area (Å²) in [6, 6.07) is 18.1. The van der Waals surface area contributed by atoms with E-state index in [1.54, 1.807) is 0 Å². The van der Waals surface area contributed by atoms with Gasteiger partial charge >= 0.3 is 0 Å². The summed E-state index contributed by atoms with van der Waals surface area (Å²) < 4.78 is 2.19. The quantitative estimate of drug-likeness (QED) is 0.737. The summed E-state index contributed by atoms with van der Waals surface area (Å²) in [5, 5.41) is 1.33. The number of nitrogens with zero attached hydrogens (tertiary/aromatic N) is 3. The minimum absolute atomic E-state index is 0.144. The van der Waals surface area contributed by atoms with Crippen molar-refractivity contribution in [1.29, 1.82) is 0 Å². The van der Waals surface area contributed by atoms with E-state index in [1.165, 1.54) is 16.5 Å². The van der Waals surface area contributed by atoms with E-state index >= 15 is 0 Å². The van der Waals surface area contributed by atoms with E-state index in [4.69, 9.17) is 0 Å². The summed E-state index contributed by atoms with van der Waals surface area (Å²) in [5.74, 6) is 0.144. The van der Waals surface area contributed by atoms with E-state index in [0.717, 1.165) is 38.3 Å². The van der Waals surface area contributed by atoms with Crippen LogP contribution in [0.5, 0.6) is 0 Å². The van der Waals surface area contributed by atoms with E-state index in [2.05, 4.69) is 47.0 Å². The van der Waals surface area contributed by atoms with E-state index in [1.807, 2.05) is 35.2 Å². The summed E-state index contributed by atoms with van der Waals surface area (Å²) in [5.41, 5.74) is 3.42. The van der Waals surface area contributed by atoms with Crippen molar-refractivity contribution in [3.63, 3.8) is 0 Å². The van der Waals surface area contributed by atoms with Gasteiger partial charge in [0.2, 0.25) is 0 Å². The highest BCUT2D eigenvalue weighted by Crippen LogP contribution is 2.22. The number of piperazine rings is 1. The monoisotopic (exact) mass is 333 g/mol. The van der Waals surface area contributed by atoms with Crippen LogP contribution in [0.1, 0.15) is 15.9 Å². The lowest BCUT2D eigenvalue weighted by atomic mass is 10.1. The van der Waals surface area contributed by atoms with Crippen molar-refractivity contribution in [2.45, 2.75) is 6.54 Å². The second kappa shape index (κ2) is 6.73. The molecule has 0 spiro atoms. The van der Waals surface area contributed by atoms with E-state index in [9.17, 15) is 4.79 Å². The second-order valence-electron chi connectivity index (χ2n) is 6.72. The minimum atomic E-state index is 0.144. The highest BCUT2D eigenvalue weighted by atomic mass is 16.2. The van der Waals surface area contributed by atoms with Crippen molar-refractivity contribution >= 4 is 16.8 Å². The number of rotatable bonds is 3. The zero-order valence-electron chi connectivity index (χ0n) is 14.6. The minimum Gasteiger partial charge on any atom is -0.350 e. The van der Waals surface area contributed by atoms with Crippen molar-refractivity contribution in [2.24, 2.45) is 7.05 Å². The highest BCUT2D eigenvalue weighted by Gasteiger charge is 2.22. The summed E-state index contributed by atoms with van der Waals surface area (Å²) in [7, 11) is 2.10. The predicted molar refractivity (Wildman–Crippen MR) is 101 cm³/mol. The molecule has 1 aromatic heterocycles. The number of carbonyl (C=O) groups excluding carboxylic acids is 1. The molecule has 0 radical (unpaired) electrons. The number of benzene rings is 2. The van der Waals surface area contributed by atoms with Crippen molar-refractivity contribution in [2.75, 3.05) is 26.2 Å². The normalized spacial score (nSPS) is 15.6. The maximum atomic E-state index is 12.5. The Morgan fingerprint density at radius 2 is 1.60 bits per heavy atom. The van der Waals surface area contributed by atoms with Crippen LogP contribution in [0.3, 0.4) is 0 Å². The smallest absolute Gasteiger partial charge is 0.253 e. The molecule has 0 N–H and O–H groups in total. The molecule has 4 heteroatoms. The molecular formula is C21H23N3O. The lowest BCUT2D eigenvalue weighted by Crippen LogP contribution is -2.48. The van der Waals surface area contributed by atoms with Gasteiger partial charge in [0.05, 0.1) is 0 Å². The van der Waals surface area contributed by atoms with Crippen LogP contribution in [0.4, 0.5) is 0 Å². The van der Waals surface area contributed by atoms with Gasteiger partial charge in [0.1, 0.15) is 0 Å². The topological polar surface area (TPSA) is 28.5 Å². The fourth-order valence-electron chi connectivity index (χ4n) is 3.66. The summed E-state index contributed by atoms with van der Waals surface area (Å²) in [6.07, 6.45) is 2.23. The zero-order chi connectivity index (χ0) is 17.2. The van der Waals surface area contributed by atoms with Gasteiger partial charge < -0.3 is 9.47 Å². The van der Waals surface area contributed by atoms with Gasteiger partial charge in [-0.25, -0.2) is 0 Å². The van der Waals surface area contributed by atoms with Crippen LogP contribution in [0.2, 0.25) is 0 Å². The third-order valence-corrected chi connectivity index (χ3v) is 5.05. The van der Waals surface area contributed by atoms with Crippen LogP contribution in [-0.2, 0) is 13.6 Å². The Bertz CT molecular complexity index is 877. The Balaban J connectivity index is 1.41. The van der Waals surface area contributed by atoms with Crippen LogP contribution in [-0.4, -0.2) is 46.5 Å². The molecule has 4 rings (SSSR count). The second-order valence-corrected chi connectivity index (χ2v) is 6.72. The molecule has 0 aliphatic carbocycles. The Labute approximate surface area is 148 Å². The van der Waals surface area contributed by atoms with Gasteiger partial charge in [-0.3, -0.25) is 9.69 Å². The average molecular weight is 333 g/mol. The standard InChI is InChI=1S/C21H23N3O/c1-22-15-18(19-9-5-6-10-20(19)22)16-23-11-13-24(14-12-23)21(25)17-7-3-2-4-8-17/h2-10,15H,11-14,16H2,1H3. The van der Waals surface area contributed by atoms with Gasteiger partial charge in [-0.2, -0.15) is 0 Å². The maximum Gasteiger partial charge on any atom is 0.253 e. The zero-order valence-corrected chi connectivity index (χ0v) is 14.6. The number of hydrogen-bond acceptors (Lipinski definition) is 2. The van der Waals surface area contributed by atoms with Gasteiger partial charge in [-0.15, -0.1) is 0 Å². The van der Waals surface area contributed by atoms with Crippen LogP contribution < -0.4 is 0 Å². The largest absolute Gasteiger partial charge is 0.350 e. The Morgan fingerprint density at radius 1 is 0.920 bits per heavy atom. The predicted octanol–water partition coefficient (Wildman–Crippen LogP) is 3.14. The summed E-state index contributed by atoms with van der Waals surface area (Å²) >= 11 is 0. The molecule has 0 unspecified atom stereocenters. The van der Waals surface area contributed by atoms with Crippen LogP contribution in [0.25, 0.3) is 10.9 Å². The third-order valence-electron chi connectivity index (χ3n) is 5.05. The molecule has 4 nitrogen and oxygen atoms in total. The fraction of sp³-hybridized carbons (Fsp3) is 0.286. The van der Waals surface area contributed by atoms with Crippen molar-refractivity contribution in [1.82, 2.24) is 14.4 Å². The van der Waals surface area contributed by atoms with E-state index < -0.39 is 0 Å². The molecule has 2 heterocycles. The molecule has 1 saturated heterocycles. The van der Waals surface area contributed by atoms with E-state index in [-0.39, 0.29) is 5.91 Å². The van der Waals surface area contributed by atoms with Gasteiger partial charge in [0.15, 0.2) is 0 Å². The fourth-order valence-corrected chi connectivity index (χ4v) is 3.66. The molecule has 1 aliphatic heterocycles. The first-order valence-electron chi connectivity index (χ1n) is 8.82. The molecule has 2 aromatic carbocycles. The van der Waals surface area contributed by atoms with Gasteiger partial charge in [-0.05, 0) is 23.8 Å². The van der Waals surface area contributed by atoms with Crippen LogP contribution in [0, 0.1) is 0 Å². The maximum absolute atomic E-state index is 12.5. The van der Waals surface area contributed by atoms with Gasteiger partial charge in [0.25, 0.3) is 5.91 Å². The molecule has 0 saturated carbocycles. The number of amides is 1. The number of aromatic nitrogens is 1. The third kappa shape index (κ3) is 3.17. The SMILES string of the molecule is Cn1cc(CN2CCN(C(=O)c3ccccc3)CC2)c2ccccc21. The molecule has 0 bridgehead atoms. The first-order chi connectivity index (χ1) is 12.2. The van der Waals surface area contributed by atoms with Gasteiger partial charge in [0, 0.05) is 62.4 Å². The van der Waals surface area contributed by atoms with Crippen molar-refractivity contribution in [3.8, 4) is 0 Å². The molecular weight excluding hydrogens is 310 g/mol. The van der Waals surface area contributed by atoms with Crippen LogP contribution >= 0.6 is 0 Å². The first-order valence-corrected chi connectivity index (χ1v) is 8.82. The number of hydrogen-bond donors (Lipinski definition) is 0. The Hall–Kier alpha value is -2.59. The molecule has 1 amide bonds. The highest BCUT2D eigenvalue weighted by molar-refractivity contribution is 5.94.